The van der Waals surface area contributed by atoms with Crippen molar-refractivity contribution in [3.63, 3.8) is 0 Å². The third-order valence-electron chi connectivity index (χ3n) is 5.24. The van der Waals surface area contributed by atoms with E-state index in [-0.39, 0.29) is 12.3 Å². The second-order valence-electron chi connectivity index (χ2n) is 8.79. The lowest BCUT2D eigenvalue weighted by molar-refractivity contribution is -0.143. The first kappa shape index (κ1) is 23.4. The van der Waals surface area contributed by atoms with Crippen molar-refractivity contribution < 1.29 is 32.3 Å². The highest BCUT2D eigenvalue weighted by molar-refractivity contribution is 7.88. The van der Waals surface area contributed by atoms with Crippen molar-refractivity contribution in [2.24, 2.45) is 5.92 Å². The molecule has 2 unspecified atom stereocenters. The van der Waals surface area contributed by atoms with Crippen LogP contribution in [0.1, 0.15) is 46.5 Å². The Kier molecular flexibility index (Phi) is 6.83. The lowest BCUT2D eigenvalue weighted by Crippen LogP contribution is -2.51. The van der Waals surface area contributed by atoms with Crippen LogP contribution in [-0.2, 0) is 29.1 Å². The fraction of sp³-hybridized carbons (Fsp3) is 0.833. The van der Waals surface area contributed by atoms with Gasteiger partial charge in [-0.1, -0.05) is 0 Å². The molecule has 2 amide bonds. The van der Waals surface area contributed by atoms with Crippen molar-refractivity contribution in [2.45, 2.75) is 63.6 Å². The highest BCUT2D eigenvalue weighted by Crippen LogP contribution is 2.37. The number of esters is 1. The first-order valence-corrected chi connectivity index (χ1v) is 11.4. The van der Waals surface area contributed by atoms with Gasteiger partial charge in [0, 0.05) is 24.5 Å². The van der Waals surface area contributed by atoms with Crippen molar-refractivity contribution >= 4 is 28.0 Å². The second-order valence-corrected chi connectivity index (χ2v) is 10.8. The SMILES string of the molecule is COC(=O)C(CC1CC2(CCN(S(C)(=O)=O)CC2)NC1=O)NC(=O)OC(C)(C)C. The molecule has 1 spiro atoms. The van der Waals surface area contributed by atoms with Crippen LogP contribution < -0.4 is 10.6 Å². The normalized spacial score (nSPS) is 23.3. The third-order valence-corrected chi connectivity index (χ3v) is 6.54. The molecule has 29 heavy (non-hydrogen) atoms. The number of piperidine rings is 1. The van der Waals surface area contributed by atoms with Gasteiger partial charge in [0.2, 0.25) is 15.9 Å². The molecule has 0 saturated carbocycles. The maximum absolute atomic E-state index is 12.5. The van der Waals surface area contributed by atoms with Crippen molar-refractivity contribution in [2.75, 3.05) is 26.5 Å². The molecule has 11 heteroatoms. The number of hydrogen-bond donors (Lipinski definition) is 2. The van der Waals surface area contributed by atoms with Crippen LogP contribution in [0.5, 0.6) is 0 Å². The van der Waals surface area contributed by atoms with Crippen molar-refractivity contribution in [1.29, 1.82) is 0 Å². The number of carbonyl (C=O) groups excluding carboxylic acids is 3. The molecule has 0 aliphatic carbocycles. The van der Waals surface area contributed by atoms with Crippen LogP contribution in [0.15, 0.2) is 0 Å². The smallest absolute Gasteiger partial charge is 0.408 e. The monoisotopic (exact) mass is 433 g/mol. The minimum atomic E-state index is -3.26. The van der Waals surface area contributed by atoms with Crippen LogP contribution >= 0.6 is 0 Å². The van der Waals surface area contributed by atoms with Gasteiger partial charge in [0.15, 0.2) is 0 Å². The fourth-order valence-corrected chi connectivity index (χ4v) is 4.68. The predicted octanol–water partition coefficient (Wildman–Crippen LogP) is 0.373. The highest BCUT2D eigenvalue weighted by atomic mass is 32.2. The van der Waals surface area contributed by atoms with Gasteiger partial charge in [0.25, 0.3) is 0 Å². The molecule has 2 aliphatic rings. The van der Waals surface area contributed by atoms with Gasteiger partial charge in [0.05, 0.1) is 13.4 Å². The van der Waals surface area contributed by atoms with E-state index in [1.165, 1.54) is 17.7 Å². The topological polar surface area (TPSA) is 131 Å². The number of nitrogens with zero attached hydrogens (tertiary/aromatic N) is 1. The Morgan fingerprint density at radius 2 is 1.90 bits per heavy atom. The van der Waals surface area contributed by atoms with Gasteiger partial charge in [-0.3, -0.25) is 4.79 Å². The summed E-state index contributed by atoms with van der Waals surface area (Å²) in [5.74, 6) is -1.37. The molecule has 166 valence electrons. The number of rotatable bonds is 5. The molecular weight excluding hydrogens is 402 g/mol. The van der Waals surface area contributed by atoms with Gasteiger partial charge in [-0.25, -0.2) is 22.3 Å². The summed E-state index contributed by atoms with van der Waals surface area (Å²) >= 11 is 0. The lowest BCUT2D eigenvalue weighted by atomic mass is 9.83. The van der Waals surface area contributed by atoms with Gasteiger partial charge >= 0.3 is 12.1 Å². The van der Waals surface area contributed by atoms with E-state index < -0.39 is 45.2 Å². The van der Waals surface area contributed by atoms with Crippen LogP contribution in [-0.4, -0.2) is 74.3 Å². The Bertz CT molecular complexity index is 752. The summed E-state index contributed by atoms with van der Waals surface area (Å²) in [5.41, 5.74) is -1.22. The summed E-state index contributed by atoms with van der Waals surface area (Å²) in [4.78, 5) is 36.7. The van der Waals surface area contributed by atoms with Gasteiger partial charge in [-0.15, -0.1) is 0 Å². The van der Waals surface area contributed by atoms with Crippen LogP contribution in [0, 0.1) is 5.92 Å². The Balaban J connectivity index is 2.02. The molecule has 0 aromatic carbocycles. The maximum Gasteiger partial charge on any atom is 0.408 e. The Morgan fingerprint density at radius 1 is 1.31 bits per heavy atom. The van der Waals surface area contributed by atoms with E-state index in [2.05, 4.69) is 10.6 Å². The molecule has 2 heterocycles. The third kappa shape index (κ3) is 6.30. The number of sulfonamides is 1. The Morgan fingerprint density at radius 3 is 2.38 bits per heavy atom. The molecule has 2 saturated heterocycles. The summed E-state index contributed by atoms with van der Waals surface area (Å²) in [7, 11) is -2.05. The molecule has 2 N–H and O–H groups in total. The zero-order valence-corrected chi connectivity index (χ0v) is 18.4. The van der Waals surface area contributed by atoms with Crippen molar-refractivity contribution in [3.05, 3.63) is 0 Å². The highest BCUT2D eigenvalue weighted by Gasteiger charge is 2.47. The van der Waals surface area contributed by atoms with Gasteiger partial charge in [-0.05, 0) is 46.5 Å². The van der Waals surface area contributed by atoms with Crippen LogP contribution in [0.3, 0.4) is 0 Å². The molecule has 2 fully saturated rings. The molecule has 2 rings (SSSR count). The molecule has 0 aromatic heterocycles. The minimum Gasteiger partial charge on any atom is -0.467 e. The zero-order valence-electron chi connectivity index (χ0n) is 17.6. The predicted molar refractivity (Wildman–Crippen MR) is 104 cm³/mol. The first-order valence-electron chi connectivity index (χ1n) is 9.59. The van der Waals surface area contributed by atoms with Crippen LogP contribution in [0.25, 0.3) is 0 Å². The molecule has 2 aliphatic heterocycles. The number of methoxy groups -OCH3 is 1. The van der Waals surface area contributed by atoms with Crippen molar-refractivity contribution in [3.8, 4) is 0 Å². The van der Waals surface area contributed by atoms with E-state index in [9.17, 15) is 22.8 Å². The number of carbonyl (C=O) groups is 3. The molecule has 0 radical (unpaired) electrons. The number of amides is 2. The Labute approximate surface area is 171 Å². The number of ether oxygens (including phenoxy) is 2. The average molecular weight is 434 g/mol. The lowest BCUT2D eigenvalue weighted by Gasteiger charge is -2.38. The van der Waals surface area contributed by atoms with E-state index in [1.807, 2.05) is 0 Å². The first-order chi connectivity index (χ1) is 13.2. The zero-order chi connectivity index (χ0) is 22.0. The largest absolute Gasteiger partial charge is 0.467 e. The quantitative estimate of drug-likeness (QED) is 0.599. The summed E-state index contributed by atoms with van der Waals surface area (Å²) in [5, 5.41) is 5.48. The second kappa shape index (κ2) is 8.47. The number of nitrogens with one attached hydrogen (secondary N) is 2. The summed E-state index contributed by atoms with van der Waals surface area (Å²) < 4.78 is 34.8. The van der Waals surface area contributed by atoms with Gasteiger partial charge in [0.1, 0.15) is 11.6 Å². The van der Waals surface area contributed by atoms with E-state index in [4.69, 9.17) is 9.47 Å². The standard InChI is InChI=1S/C18H31N3O7S/c1-17(2,3)28-16(24)19-13(15(23)27-4)10-12-11-18(20-14(12)22)6-8-21(9-7-18)29(5,25)26/h12-13H,6-11H2,1-5H3,(H,19,24)(H,20,22). The van der Waals surface area contributed by atoms with E-state index in [0.717, 1.165) is 0 Å². The number of alkyl carbamates (subject to hydrolysis) is 1. The summed E-state index contributed by atoms with van der Waals surface area (Å²) in [6, 6.07) is -1.02. The van der Waals surface area contributed by atoms with Crippen LogP contribution in [0.2, 0.25) is 0 Å². The molecule has 0 bridgehead atoms. The molecule has 0 aromatic rings. The van der Waals surface area contributed by atoms with E-state index >= 15 is 0 Å². The molecule has 2 atom stereocenters. The van der Waals surface area contributed by atoms with Gasteiger partial charge in [-0.2, -0.15) is 0 Å². The van der Waals surface area contributed by atoms with Crippen LogP contribution in [0.4, 0.5) is 4.79 Å². The molecular formula is C18H31N3O7S. The average Bonchev–Trinajstić information content (AvgIpc) is 2.86. The summed E-state index contributed by atoms with van der Waals surface area (Å²) in [6.07, 6.45) is 1.96. The number of hydrogen-bond acceptors (Lipinski definition) is 7. The minimum absolute atomic E-state index is 0.0787. The van der Waals surface area contributed by atoms with E-state index in [0.29, 0.717) is 32.4 Å². The maximum atomic E-state index is 12.5. The van der Waals surface area contributed by atoms with E-state index in [1.54, 1.807) is 20.8 Å². The molecule has 10 nitrogen and oxygen atoms in total. The summed E-state index contributed by atoms with van der Waals surface area (Å²) in [6.45, 7) is 5.79. The Hall–Kier alpha value is -1.88. The fourth-order valence-electron chi connectivity index (χ4n) is 3.83. The van der Waals surface area contributed by atoms with Gasteiger partial charge < -0.3 is 20.1 Å². The van der Waals surface area contributed by atoms with Crippen molar-refractivity contribution in [1.82, 2.24) is 14.9 Å².